The molecule has 0 aliphatic heterocycles. The van der Waals surface area contributed by atoms with E-state index in [9.17, 15) is 14.4 Å². The second-order valence-electron chi connectivity index (χ2n) is 13.0. The number of rotatable bonds is 14. The van der Waals surface area contributed by atoms with Crippen LogP contribution in [0.15, 0.2) is 91.0 Å². The predicted octanol–water partition coefficient (Wildman–Crippen LogP) is 7.21. The Morgan fingerprint density at radius 1 is 0.796 bits per heavy atom. The summed E-state index contributed by atoms with van der Waals surface area (Å²) < 4.78 is 23.0. The number of esters is 1. The minimum Gasteiger partial charge on any atom is -0.460 e. The van der Waals surface area contributed by atoms with E-state index in [4.69, 9.17) is 18.9 Å². The summed E-state index contributed by atoms with van der Waals surface area (Å²) in [5.74, 6) is -1.28. The van der Waals surface area contributed by atoms with Crippen molar-refractivity contribution in [1.82, 2.24) is 10.2 Å². The number of nitrogens with zero attached hydrogens (tertiary/aromatic N) is 1. The molecular weight excluding hydrogens is 620 g/mol. The van der Waals surface area contributed by atoms with E-state index in [-0.39, 0.29) is 32.0 Å². The van der Waals surface area contributed by atoms with E-state index in [0.29, 0.717) is 13.2 Å². The molecule has 9 heteroatoms. The van der Waals surface area contributed by atoms with E-state index in [1.165, 1.54) is 0 Å². The number of carbonyl (C=O) groups is 3. The number of hydrogen-bond donors (Lipinski definition) is 1. The molecule has 49 heavy (non-hydrogen) atoms. The zero-order valence-corrected chi connectivity index (χ0v) is 28.9. The fraction of sp³-hybridized carbons (Fsp3) is 0.375. The topological polar surface area (TPSA) is 103 Å². The van der Waals surface area contributed by atoms with Crippen LogP contribution in [0.5, 0.6) is 0 Å². The smallest absolute Gasteiger partial charge is 0.407 e. The fourth-order valence-electron chi connectivity index (χ4n) is 6.33. The molecule has 0 radical (unpaired) electrons. The van der Waals surface area contributed by atoms with Gasteiger partial charge >= 0.3 is 12.1 Å². The van der Waals surface area contributed by atoms with Crippen molar-refractivity contribution in [3.8, 4) is 11.1 Å². The molecule has 5 rings (SSSR count). The SMILES string of the molecule is CCOC(CN(Cc1cccc2ccccc12)C(=O)[C@H](CC(=O)OC(C)(C)C)NC(=O)OCC1c2ccccc2-c2ccccc21)OCC. The molecule has 0 aromatic heterocycles. The second-order valence-corrected chi connectivity index (χ2v) is 13.0. The summed E-state index contributed by atoms with van der Waals surface area (Å²) in [5, 5.41) is 4.73. The number of amides is 2. The number of nitrogens with one attached hydrogen (secondary N) is 1. The summed E-state index contributed by atoms with van der Waals surface area (Å²) in [4.78, 5) is 42.7. The molecule has 0 fully saturated rings. The van der Waals surface area contributed by atoms with Crippen LogP contribution in [-0.2, 0) is 35.1 Å². The molecule has 0 heterocycles. The summed E-state index contributed by atoms with van der Waals surface area (Å²) in [5.41, 5.74) is 4.45. The molecule has 1 aliphatic rings. The Morgan fingerprint density at radius 3 is 2.02 bits per heavy atom. The lowest BCUT2D eigenvalue weighted by atomic mass is 9.98. The first kappa shape index (κ1) is 35.6. The van der Waals surface area contributed by atoms with Gasteiger partial charge in [-0.25, -0.2) is 4.79 Å². The van der Waals surface area contributed by atoms with E-state index in [1.807, 2.05) is 92.7 Å². The number of fused-ring (bicyclic) bond motifs is 4. The van der Waals surface area contributed by atoms with Crippen molar-refractivity contribution in [2.75, 3.05) is 26.4 Å². The Balaban J connectivity index is 1.40. The first-order valence-electron chi connectivity index (χ1n) is 16.9. The first-order valence-corrected chi connectivity index (χ1v) is 16.9. The van der Waals surface area contributed by atoms with Crippen LogP contribution in [0.1, 0.15) is 63.6 Å². The quantitative estimate of drug-likeness (QED) is 0.112. The van der Waals surface area contributed by atoms with Crippen molar-refractivity contribution < 1.29 is 33.3 Å². The summed E-state index contributed by atoms with van der Waals surface area (Å²) in [6.45, 7) is 10.0. The van der Waals surface area contributed by atoms with E-state index >= 15 is 0 Å². The van der Waals surface area contributed by atoms with Crippen molar-refractivity contribution in [2.45, 2.75) is 71.4 Å². The maximum absolute atomic E-state index is 14.5. The zero-order chi connectivity index (χ0) is 35.0. The highest BCUT2D eigenvalue weighted by molar-refractivity contribution is 5.91. The van der Waals surface area contributed by atoms with Crippen molar-refractivity contribution in [2.24, 2.45) is 0 Å². The Bertz CT molecular complexity index is 1710. The van der Waals surface area contributed by atoms with Gasteiger partial charge in [-0.15, -0.1) is 0 Å². The van der Waals surface area contributed by atoms with Gasteiger partial charge in [0.05, 0.1) is 13.0 Å². The summed E-state index contributed by atoms with van der Waals surface area (Å²) in [6.07, 6.45) is -1.91. The average molecular weight is 667 g/mol. The Kier molecular flexibility index (Phi) is 11.7. The molecule has 9 nitrogen and oxygen atoms in total. The van der Waals surface area contributed by atoms with E-state index in [2.05, 4.69) is 17.4 Å². The van der Waals surface area contributed by atoms with Crippen LogP contribution in [0.4, 0.5) is 4.79 Å². The standard InChI is InChI=1S/C40H46N2O7/c1-6-46-37(47-7-2)25-42(24-28-17-14-16-27-15-8-9-18-29(27)28)38(44)35(23-36(43)49-40(3,4)5)41-39(45)48-26-34-32-21-12-10-19-30(32)31-20-11-13-22-33(31)34/h8-22,34-35,37H,6-7,23-26H2,1-5H3,(H,41,45)/t35-/m0/s1. The van der Waals surface area contributed by atoms with Gasteiger partial charge in [0.2, 0.25) is 5.91 Å². The molecule has 1 aliphatic carbocycles. The molecule has 4 aromatic carbocycles. The first-order chi connectivity index (χ1) is 23.6. The number of benzene rings is 4. The minimum atomic E-state index is -1.27. The molecule has 0 spiro atoms. The lowest BCUT2D eigenvalue weighted by Crippen LogP contribution is -2.52. The highest BCUT2D eigenvalue weighted by atomic mass is 16.7. The maximum atomic E-state index is 14.5. The van der Waals surface area contributed by atoms with Gasteiger partial charge in [-0.05, 0) is 73.2 Å². The molecular formula is C40H46N2O7. The van der Waals surface area contributed by atoms with Gasteiger partial charge in [-0.3, -0.25) is 9.59 Å². The molecule has 258 valence electrons. The van der Waals surface area contributed by atoms with Crippen LogP contribution in [0.3, 0.4) is 0 Å². The predicted molar refractivity (Wildman–Crippen MR) is 189 cm³/mol. The highest BCUT2D eigenvalue weighted by Crippen LogP contribution is 2.44. The van der Waals surface area contributed by atoms with Gasteiger partial charge in [-0.1, -0.05) is 91.0 Å². The van der Waals surface area contributed by atoms with Gasteiger partial charge in [-0.2, -0.15) is 0 Å². The third-order valence-corrected chi connectivity index (χ3v) is 8.35. The second kappa shape index (κ2) is 16.1. The zero-order valence-electron chi connectivity index (χ0n) is 28.9. The van der Waals surface area contributed by atoms with Crippen molar-refractivity contribution >= 4 is 28.7 Å². The number of carbonyl (C=O) groups excluding carboxylic acids is 3. The highest BCUT2D eigenvalue weighted by Gasteiger charge is 2.34. The molecule has 1 N–H and O–H groups in total. The lowest BCUT2D eigenvalue weighted by Gasteiger charge is -2.31. The normalized spacial score (nSPS) is 13.1. The Hall–Kier alpha value is -4.73. The minimum absolute atomic E-state index is 0.0592. The van der Waals surface area contributed by atoms with Crippen LogP contribution in [0, 0.1) is 0 Å². The van der Waals surface area contributed by atoms with Gasteiger partial charge in [0.1, 0.15) is 18.2 Å². The van der Waals surface area contributed by atoms with Crippen molar-refractivity contribution in [1.29, 1.82) is 0 Å². The number of ether oxygens (including phenoxy) is 4. The largest absolute Gasteiger partial charge is 0.460 e. The van der Waals surface area contributed by atoms with Gasteiger partial charge < -0.3 is 29.2 Å². The fourth-order valence-corrected chi connectivity index (χ4v) is 6.33. The third-order valence-electron chi connectivity index (χ3n) is 8.35. The lowest BCUT2D eigenvalue weighted by molar-refractivity contribution is -0.163. The van der Waals surface area contributed by atoms with Crippen molar-refractivity contribution in [3.63, 3.8) is 0 Å². The van der Waals surface area contributed by atoms with Crippen LogP contribution in [0.2, 0.25) is 0 Å². The molecule has 0 bridgehead atoms. The Labute approximate surface area is 288 Å². The average Bonchev–Trinajstić information content (AvgIpc) is 3.39. The van der Waals surface area contributed by atoms with E-state index < -0.39 is 35.9 Å². The van der Waals surface area contributed by atoms with E-state index in [0.717, 1.165) is 38.6 Å². The summed E-state index contributed by atoms with van der Waals surface area (Å²) >= 11 is 0. The van der Waals surface area contributed by atoms with E-state index in [1.54, 1.807) is 25.7 Å². The van der Waals surface area contributed by atoms with Crippen molar-refractivity contribution in [3.05, 3.63) is 108 Å². The van der Waals surface area contributed by atoms with Gasteiger partial charge in [0.25, 0.3) is 0 Å². The Morgan fingerprint density at radius 2 is 1.39 bits per heavy atom. The monoisotopic (exact) mass is 666 g/mol. The summed E-state index contributed by atoms with van der Waals surface area (Å²) in [6, 6.07) is 28.7. The molecule has 1 atom stereocenters. The summed E-state index contributed by atoms with van der Waals surface area (Å²) in [7, 11) is 0. The van der Waals surface area contributed by atoms with Crippen LogP contribution < -0.4 is 5.32 Å². The van der Waals surface area contributed by atoms with Crippen LogP contribution >= 0.6 is 0 Å². The van der Waals surface area contributed by atoms with Crippen LogP contribution in [0.25, 0.3) is 21.9 Å². The third kappa shape index (κ3) is 9.04. The van der Waals surface area contributed by atoms with Gasteiger partial charge in [0.15, 0.2) is 6.29 Å². The number of hydrogen-bond acceptors (Lipinski definition) is 7. The number of alkyl carbamates (subject to hydrolysis) is 1. The molecule has 0 unspecified atom stereocenters. The molecule has 0 saturated heterocycles. The maximum Gasteiger partial charge on any atom is 0.407 e. The van der Waals surface area contributed by atoms with Gasteiger partial charge in [0, 0.05) is 25.7 Å². The van der Waals surface area contributed by atoms with Crippen LogP contribution in [-0.4, -0.2) is 67.2 Å². The molecule has 0 saturated carbocycles. The molecule has 4 aromatic rings. The molecule has 2 amide bonds.